The van der Waals surface area contributed by atoms with Crippen molar-refractivity contribution < 1.29 is 17.6 Å². The van der Waals surface area contributed by atoms with Gasteiger partial charge in [0.05, 0.1) is 10.9 Å². The van der Waals surface area contributed by atoms with Crippen molar-refractivity contribution in [2.45, 2.75) is 37.6 Å². The fourth-order valence-corrected chi connectivity index (χ4v) is 6.43. The molecule has 2 aromatic carbocycles. The molecule has 0 saturated carbocycles. The summed E-state index contributed by atoms with van der Waals surface area (Å²) < 4.78 is 41.0. The number of aryl methyl sites for hydroxylation is 2. The summed E-state index contributed by atoms with van der Waals surface area (Å²) in [6.45, 7) is 4.45. The van der Waals surface area contributed by atoms with Crippen LogP contribution in [0, 0.1) is 25.6 Å². The molecule has 1 atom stereocenters. The molecule has 0 spiro atoms. The monoisotopic (exact) mass is 486 g/mol. The van der Waals surface area contributed by atoms with E-state index in [1.165, 1.54) is 27.8 Å². The maximum Gasteiger partial charge on any atom is 0.243 e. The van der Waals surface area contributed by atoms with Gasteiger partial charge in [-0.05, 0) is 79.1 Å². The Kier molecular flexibility index (Phi) is 6.97. The van der Waals surface area contributed by atoms with Crippen molar-refractivity contribution >= 4 is 27.3 Å². The van der Waals surface area contributed by atoms with Crippen molar-refractivity contribution in [2.24, 2.45) is 5.92 Å². The average molecular weight is 487 g/mol. The van der Waals surface area contributed by atoms with Crippen LogP contribution in [-0.2, 0) is 14.8 Å². The molecule has 0 aliphatic carbocycles. The summed E-state index contributed by atoms with van der Waals surface area (Å²) in [7, 11) is -3.59. The first kappa shape index (κ1) is 23.6. The van der Waals surface area contributed by atoms with Crippen molar-refractivity contribution in [1.29, 1.82) is 0 Å². The summed E-state index contributed by atoms with van der Waals surface area (Å²) in [6, 6.07) is 14.8. The van der Waals surface area contributed by atoms with Gasteiger partial charge in [-0.25, -0.2) is 12.8 Å². The van der Waals surface area contributed by atoms with Gasteiger partial charge in [0.25, 0.3) is 0 Å². The molecule has 33 heavy (non-hydrogen) atoms. The molecule has 0 bridgehead atoms. The van der Waals surface area contributed by atoms with Gasteiger partial charge in [-0.3, -0.25) is 4.79 Å². The van der Waals surface area contributed by atoms with Crippen LogP contribution in [-0.4, -0.2) is 31.7 Å². The molecular formula is C25H27FN2O3S2. The highest BCUT2D eigenvalue weighted by Gasteiger charge is 2.33. The molecule has 1 amide bonds. The summed E-state index contributed by atoms with van der Waals surface area (Å²) in [5, 5.41) is 5.04. The first-order valence-corrected chi connectivity index (χ1v) is 13.2. The molecule has 1 N–H and O–H groups in total. The lowest BCUT2D eigenvalue weighted by Gasteiger charge is -2.31. The highest BCUT2D eigenvalue weighted by Crippen LogP contribution is 2.29. The minimum absolute atomic E-state index is 0.110. The smallest absolute Gasteiger partial charge is 0.243 e. The van der Waals surface area contributed by atoms with Crippen LogP contribution in [0.1, 0.15) is 40.5 Å². The van der Waals surface area contributed by atoms with E-state index in [1.54, 1.807) is 24.3 Å². The Morgan fingerprint density at radius 2 is 1.76 bits per heavy atom. The second kappa shape index (κ2) is 9.75. The molecule has 0 unspecified atom stereocenters. The number of hydrogen-bond donors (Lipinski definition) is 1. The van der Waals surface area contributed by atoms with Crippen LogP contribution < -0.4 is 5.32 Å². The van der Waals surface area contributed by atoms with E-state index in [0.717, 1.165) is 21.6 Å². The molecule has 1 aliphatic rings. The Labute approximate surface area is 198 Å². The number of nitrogens with one attached hydrogen (secondary N) is 1. The van der Waals surface area contributed by atoms with E-state index < -0.39 is 10.0 Å². The molecule has 2 heterocycles. The van der Waals surface area contributed by atoms with E-state index in [0.29, 0.717) is 30.8 Å². The van der Waals surface area contributed by atoms with E-state index in [-0.39, 0.29) is 23.7 Å². The number of amides is 1. The maximum absolute atomic E-state index is 13.4. The number of carbonyl (C=O) groups excluding carboxylic acids is 1. The highest BCUT2D eigenvalue weighted by molar-refractivity contribution is 7.89. The summed E-state index contributed by atoms with van der Waals surface area (Å²) in [6.07, 6.45) is 0.910. The molecule has 5 nitrogen and oxygen atoms in total. The number of nitrogens with zero attached hydrogens (tertiary/aromatic N) is 1. The molecule has 1 aliphatic heterocycles. The Hall–Kier alpha value is -2.55. The van der Waals surface area contributed by atoms with E-state index in [9.17, 15) is 17.6 Å². The normalized spacial score (nSPS) is 16.5. The van der Waals surface area contributed by atoms with Gasteiger partial charge in [-0.1, -0.05) is 24.3 Å². The number of sulfonamides is 1. The largest absolute Gasteiger partial charge is 0.344 e. The van der Waals surface area contributed by atoms with Crippen LogP contribution in [0.2, 0.25) is 0 Å². The zero-order valence-corrected chi connectivity index (χ0v) is 20.3. The van der Waals surface area contributed by atoms with Gasteiger partial charge in [0.2, 0.25) is 15.9 Å². The zero-order chi connectivity index (χ0) is 23.6. The molecule has 8 heteroatoms. The fourth-order valence-electron chi connectivity index (χ4n) is 4.07. The number of rotatable bonds is 6. The lowest BCUT2D eigenvalue weighted by molar-refractivity contribution is -0.126. The molecular weight excluding hydrogens is 459 g/mol. The van der Waals surface area contributed by atoms with Gasteiger partial charge in [0.1, 0.15) is 5.82 Å². The van der Waals surface area contributed by atoms with Gasteiger partial charge in [0, 0.05) is 23.9 Å². The number of thiophene rings is 1. The van der Waals surface area contributed by atoms with Gasteiger partial charge >= 0.3 is 0 Å². The molecule has 174 valence electrons. The predicted molar refractivity (Wildman–Crippen MR) is 128 cm³/mol. The van der Waals surface area contributed by atoms with E-state index in [1.807, 2.05) is 37.4 Å². The number of benzene rings is 2. The minimum atomic E-state index is -3.59. The fraction of sp³-hybridized carbons (Fsp3) is 0.320. The second-order valence-corrected chi connectivity index (χ2v) is 11.4. The van der Waals surface area contributed by atoms with Crippen LogP contribution in [0.25, 0.3) is 0 Å². The van der Waals surface area contributed by atoms with Gasteiger partial charge in [-0.15, -0.1) is 11.3 Å². The van der Waals surface area contributed by atoms with Gasteiger partial charge in [-0.2, -0.15) is 4.31 Å². The Bertz CT molecular complexity index is 1220. The standard InChI is InChI=1S/C25H27FN2O3S2/c1-17-5-10-22(16-18(17)2)33(30,31)28-13-11-20(12-14-28)25(29)27-24(23-4-3-15-32-23)19-6-8-21(26)9-7-19/h3-10,15-16,20,24H,11-14H2,1-2H3,(H,27,29)/t24-/m0/s1. The maximum atomic E-state index is 13.4. The predicted octanol–water partition coefficient (Wildman–Crippen LogP) is 4.81. The van der Waals surface area contributed by atoms with Crippen LogP contribution in [0.3, 0.4) is 0 Å². The second-order valence-electron chi connectivity index (χ2n) is 8.43. The van der Waals surface area contributed by atoms with E-state index in [4.69, 9.17) is 0 Å². The third-order valence-electron chi connectivity index (χ3n) is 6.26. The van der Waals surface area contributed by atoms with Gasteiger partial charge < -0.3 is 5.32 Å². The number of hydrogen-bond acceptors (Lipinski definition) is 4. The van der Waals surface area contributed by atoms with Crippen molar-refractivity contribution in [3.05, 3.63) is 87.4 Å². The van der Waals surface area contributed by atoms with Crippen molar-refractivity contribution in [1.82, 2.24) is 9.62 Å². The van der Waals surface area contributed by atoms with Crippen LogP contribution in [0.15, 0.2) is 64.9 Å². The SMILES string of the molecule is Cc1ccc(S(=O)(=O)N2CCC(C(=O)N[C@@H](c3ccc(F)cc3)c3cccs3)CC2)cc1C. The van der Waals surface area contributed by atoms with Crippen molar-refractivity contribution in [3.8, 4) is 0 Å². The van der Waals surface area contributed by atoms with Gasteiger partial charge in [0.15, 0.2) is 0 Å². The zero-order valence-electron chi connectivity index (χ0n) is 18.6. The lowest BCUT2D eigenvalue weighted by Crippen LogP contribution is -2.43. The molecule has 0 radical (unpaired) electrons. The Balaban J connectivity index is 1.44. The lowest BCUT2D eigenvalue weighted by atomic mass is 9.96. The Morgan fingerprint density at radius 3 is 2.36 bits per heavy atom. The van der Waals surface area contributed by atoms with Crippen LogP contribution in [0.5, 0.6) is 0 Å². The quantitative estimate of drug-likeness (QED) is 0.544. The molecule has 1 saturated heterocycles. The summed E-state index contributed by atoms with van der Waals surface area (Å²) in [4.78, 5) is 14.4. The van der Waals surface area contributed by atoms with Crippen molar-refractivity contribution in [3.63, 3.8) is 0 Å². The molecule has 4 rings (SSSR count). The third-order valence-corrected chi connectivity index (χ3v) is 9.09. The number of carbonyl (C=O) groups is 1. The van der Waals surface area contributed by atoms with E-state index in [2.05, 4.69) is 5.32 Å². The summed E-state index contributed by atoms with van der Waals surface area (Å²) >= 11 is 1.53. The van der Waals surface area contributed by atoms with Crippen LogP contribution >= 0.6 is 11.3 Å². The topological polar surface area (TPSA) is 66.5 Å². The third kappa shape index (κ3) is 5.18. The molecule has 1 aromatic heterocycles. The van der Waals surface area contributed by atoms with Crippen LogP contribution in [0.4, 0.5) is 4.39 Å². The van der Waals surface area contributed by atoms with E-state index >= 15 is 0 Å². The minimum Gasteiger partial charge on any atom is -0.344 e. The summed E-state index contributed by atoms with van der Waals surface area (Å²) in [5.41, 5.74) is 2.79. The first-order chi connectivity index (χ1) is 15.8. The number of piperidine rings is 1. The molecule has 3 aromatic rings. The van der Waals surface area contributed by atoms with Crippen molar-refractivity contribution in [2.75, 3.05) is 13.1 Å². The Morgan fingerprint density at radius 1 is 1.06 bits per heavy atom. The summed E-state index contributed by atoms with van der Waals surface area (Å²) in [5.74, 6) is -0.715. The first-order valence-electron chi connectivity index (χ1n) is 10.9. The molecule has 1 fully saturated rings. The number of halogens is 1. The average Bonchev–Trinajstić information content (AvgIpc) is 3.34. The highest BCUT2D eigenvalue weighted by atomic mass is 32.2.